The third-order valence-electron chi connectivity index (χ3n) is 3.44. The van der Waals surface area contributed by atoms with Gasteiger partial charge in [-0.15, -0.1) is 5.06 Å². The first-order valence-corrected chi connectivity index (χ1v) is 7.34. The predicted octanol–water partition coefficient (Wildman–Crippen LogP) is 2.84. The molecular weight excluding hydrogens is 289 g/mol. The number of hydroxylamine groups is 2. The van der Waals surface area contributed by atoms with Gasteiger partial charge in [0.1, 0.15) is 11.4 Å². The molecule has 1 aromatic rings. The molecule has 1 N–H and O–H groups in total. The van der Waals surface area contributed by atoms with E-state index in [0.29, 0.717) is 13.0 Å². The molecule has 1 aliphatic heterocycles. The summed E-state index contributed by atoms with van der Waals surface area (Å²) in [7, 11) is 0. The van der Waals surface area contributed by atoms with Crippen LogP contribution in [0, 0.1) is 5.82 Å². The number of rotatable bonds is 2. The highest BCUT2D eigenvalue weighted by Gasteiger charge is 2.31. The predicted molar refractivity (Wildman–Crippen MR) is 78.7 cm³/mol. The van der Waals surface area contributed by atoms with E-state index in [1.165, 1.54) is 17.2 Å². The Hall–Kier alpha value is -1.66. The minimum absolute atomic E-state index is 0.0981. The number of hydrogen-bond donors (Lipinski definition) is 1. The zero-order valence-electron chi connectivity index (χ0n) is 13.1. The van der Waals surface area contributed by atoms with Gasteiger partial charge in [-0.05, 0) is 44.9 Å². The molecule has 0 bridgehead atoms. The smallest absolute Gasteiger partial charge is 0.427 e. The molecule has 1 fully saturated rings. The number of aliphatic hydroxyl groups is 1. The van der Waals surface area contributed by atoms with Crippen molar-refractivity contribution in [2.24, 2.45) is 0 Å². The first-order chi connectivity index (χ1) is 10.2. The van der Waals surface area contributed by atoms with E-state index in [1.807, 2.05) is 0 Å². The number of piperidine rings is 1. The van der Waals surface area contributed by atoms with Crippen LogP contribution in [-0.4, -0.2) is 41.1 Å². The Labute approximate surface area is 129 Å². The topological polar surface area (TPSA) is 59.0 Å². The Bertz CT molecular complexity index is 512. The van der Waals surface area contributed by atoms with Crippen LogP contribution in [-0.2, 0) is 9.57 Å². The molecule has 2 atom stereocenters. The standard InChI is InChI=1S/C16H22FNO4/c1-16(2,3)21-15(20)22-18-9-8-13(14(19)10-18)11-4-6-12(17)7-5-11/h4-7,13-14,19H,8-10H2,1-3H3. The number of benzene rings is 1. The molecule has 0 aliphatic carbocycles. The summed E-state index contributed by atoms with van der Waals surface area (Å²) >= 11 is 0. The van der Waals surface area contributed by atoms with Crippen molar-refractivity contribution in [2.45, 2.75) is 44.8 Å². The molecule has 22 heavy (non-hydrogen) atoms. The van der Waals surface area contributed by atoms with Gasteiger partial charge in [-0.25, -0.2) is 9.18 Å². The lowest BCUT2D eigenvalue weighted by atomic mass is 9.88. The van der Waals surface area contributed by atoms with E-state index >= 15 is 0 Å². The second-order valence-electron chi connectivity index (χ2n) is 6.46. The van der Waals surface area contributed by atoms with Crippen LogP contribution < -0.4 is 0 Å². The van der Waals surface area contributed by atoms with E-state index in [4.69, 9.17) is 9.57 Å². The number of carbonyl (C=O) groups excluding carboxylic acids is 1. The maximum absolute atomic E-state index is 12.9. The largest absolute Gasteiger partial charge is 0.528 e. The van der Waals surface area contributed by atoms with Crippen LogP contribution in [0.1, 0.15) is 38.7 Å². The van der Waals surface area contributed by atoms with Gasteiger partial charge in [-0.1, -0.05) is 12.1 Å². The minimum Gasteiger partial charge on any atom is -0.427 e. The SMILES string of the molecule is CC(C)(C)OC(=O)ON1CCC(c2ccc(F)cc2)C(O)C1. The highest BCUT2D eigenvalue weighted by Crippen LogP contribution is 2.28. The van der Waals surface area contributed by atoms with Crippen molar-refractivity contribution in [3.05, 3.63) is 35.6 Å². The molecule has 1 aliphatic rings. The average Bonchev–Trinajstić information content (AvgIpc) is 2.38. The molecule has 0 spiro atoms. The molecule has 122 valence electrons. The summed E-state index contributed by atoms with van der Waals surface area (Å²) in [6, 6.07) is 6.11. The van der Waals surface area contributed by atoms with E-state index in [0.717, 1.165) is 5.56 Å². The summed E-state index contributed by atoms with van der Waals surface area (Å²) < 4.78 is 18.0. The van der Waals surface area contributed by atoms with Gasteiger partial charge in [0.25, 0.3) is 0 Å². The molecular formula is C16H22FNO4. The Morgan fingerprint density at radius 2 is 1.95 bits per heavy atom. The lowest BCUT2D eigenvalue weighted by Crippen LogP contribution is -2.44. The fraction of sp³-hybridized carbons (Fsp3) is 0.562. The van der Waals surface area contributed by atoms with E-state index in [9.17, 15) is 14.3 Å². The highest BCUT2D eigenvalue weighted by atomic mass is 19.1. The van der Waals surface area contributed by atoms with Gasteiger partial charge < -0.3 is 14.7 Å². The first kappa shape index (κ1) is 16.7. The molecule has 1 saturated heterocycles. The lowest BCUT2D eigenvalue weighted by Gasteiger charge is -2.34. The van der Waals surface area contributed by atoms with Crippen LogP contribution in [0.4, 0.5) is 9.18 Å². The van der Waals surface area contributed by atoms with Crippen molar-refractivity contribution < 1.29 is 23.9 Å². The highest BCUT2D eigenvalue weighted by molar-refractivity contribution is 5.60. The van der Waals surface area contributed by atoms with Crippen molar-refractivity contribution in [3.8, 4) is 0 Å². The normalized spacial score (nSPS) is 23.1. The number of ether oxygens (including phenoxy) is 1. The van der Waals surface area contributed by atoms with E-state index in [1.54, 1.807) is 32.9 Å². The molecule has 0 amide bonds. The first-order valence-electron chi connectivity index (χ1n) is 7.34. The molecule has 0 saturated carbocycles. The van der Waals surface area contributed by atoms with Gasteiger partial charge in [0.05, 0.1) is 12.6 Å². The summed E-state index contributed by atoms with van der Waals surface area (Å²) in [6.45, 7) is 5.94. The number of carbonyl (C=O) groups is 1. The molecule has 2 rings (SSSR count). The zero-order valence-corrected chi connectivity index (χ0v) is 13.1. The van der Waals surface area contributed by atoms with Gasteiger partial charge in [-0.3, -0.25) is 0 Å². The van der Waals surface area contributed by atoms with E-state index < -0.39 is 17.9 Å². The third kappa shape index (κ3) is 4.68. The lowest BCUT2D eigenvalue weighted by molar-refractivity contribution is -0.170. The van der Waals surface area contributed by atoms with Crippen LogP contribution in [0.3, 0.4) is 0 Å². The van der Waals surface area contributed by atoms with Crippen molar-refractivity contribution in [1.29, 1.82) is 0 Å². The van der Waals surface area contributed by atoms with Crippen LogP contribution in [0.15, 0.2) is 24.3 Å². The zero-order chi connectivity index (χ0) is 16.3. The minimum atomic E-state index is -0.778. The molecule has 5 nitrogen and oxygen atoms in total. The summed E-state index contributed by atoms with van der Waals surface area (Å²) in [5.74, 6) is -0.400. The van der Waals surface area contributed by atoms with Crippen LogP contribution in [0.2, 0.25) is 0 Å². The Kier molecular flexibility index (Phi) is 5.03. The second kappa shape index (κ2) is 6.62. The fourth-order valence-electron chi connectivity index (χ4n) is 2.46. The van der Waals surface area contributed by atoms with Crippen molar-refractivity contribution in [1.82, 2.24) is 5.06 Å². The van der Waals surface area contributed by atoms with Crippen LogP contribution >= 0.6 is 0 Å². The van der Waals surface area contributed by atoms with Crippen molar-refractivity contribution >= 4 is 6.16 Å². The summed E-state index contributed by atoms with van der Waals surface area (Å²) in [4.78, 5) is 16.7. The van der Waals surface area contributed by atoms with Crippen LogP contribution in [0.5, 0.6) is 0 Å². The van der Waals surface area contributed by atoms with Gasteiger partial charge in [0, 0.05) is 12.5 Å². The Balaban J connectivity index is 1.90. The Morgan fingerprint density at radius 3 is 2.50 bits per heavy atom. The maximum atomic E-state index is 12.9. The summed E-state index contributed by atoms with van der Waals surface area (Å²) in [6.07, 6.45) is -0.864. The molecule has 1 heterocycles. The molecule has 1 aromatic carbocycles. The van der Waals surface area contributed by atoms with Crippen LogP contribution in [0.25, 0.3) is 0 Å². The summed E-state index contributed by atoms with van der Waals surface area (Å²) in [5, 5.41) is 11.6. The van der Waals surface area contributed by atoms with Gasteiger partial charge >= 0.3 is 6.16 Å². The number of hydrogen-bond acceptors (Lipinski definition) is 5. The number of nitrogens with zero attached hydrogens (tertiary/aromatic N) is 1. The number of β-amino-alcohol motifs (C(OH)–C–C–N with tert-alkyl or cyclic N) is 1. The Morgan fingerprint density at radius 1 is 1.32 bits per heavy atom. The number of halogens is 1. The van der Waals surface area contributed by atoms with Gasteiger partial charge in [0.2, 0.25) is 0 Å². The second-order valence-corrected chi connectivity index (χ2v) is 6.46. The molecule has 2 unspecified atom stereocenters. The van der Waals surface area contributed by atoms with E-state index in [2.05, 4.69) is 0 Å². The maximum Gasteiger partial charge on any atom is 0.528 e. The molecule has 0 aromatic heterocycles. The molecule has 6 heteroatoms. The average molecular weight is 311 g/mol. The van der Waals surface area contributed by atoms with Gasteiger partial charge in [0.15, 0.2) is 0 Å². The fourth-order valence-corrected chi connectivity index (χ4v) is 2.46. The van der Waals surface area contributed by atoms with Crippen molar-refractivity contribution in [3.63, 3.8) is 0 Å². The van der Waals surface area contributed by atoms with Crippen molar-refractivity contribution in [2.75, 3.05) is 13.1 Å². The summed E-state index contributed by atoms with van der Waals surface area (Å²) in [5.41, 5.74) is 0.258. The number of aliphatic hydroxyl groups excluding tert-OH is 1. The van der Waals surface area contributed by atoms with Gasteiger partial charge in [-0.2, -0.15) is 0 Å². The monoisotopic (exact) mass is 311 g/mol. The molecule has 0 radical (unpaired) electrons. The third-order valence-corrected chi connectivity index (χ3v) is 3.44. The quantitative estimate of drug-likeness (QED) is 0.851. The van der Waals surface area contributed by atoms with E-state index in [-0.39, 0.29) is 18.3 Å².